The third kappa shape index (κ3) is 2.83. The molecule has 3 N–H and O–H groups in total. The Kier molecular flexibility index (Phi) is 3.67. The zero-order valence-electron chi connectivity index (χ0n) is 9.61. The van der Waals surface area contributed by atoms with Gasteiger partial charge in [0.2, 0.25) is 11.5 Å². The van der Waals surface area contributed by atoms with E-state index in [2.05, 4.69) is 9.35 Å². The van der Waals surface area contributed by atoms with Gasteiger partial charge in [-0.05, 0) is 23.8 Å². The van der Waals surface area contributed by atoms with Gasteiger partial charge in [-0.2, -0.15) is 4.21 Å². The normalized spacial score (nSPS) is 9.89. The van der Waals surface area contributed by atoms with E-state index in [1.807, 2.05) is 0 Å². The van der Waals surface area contributed by atoms with Crippen LogP contribution in [0, 0.1) is 0 Å². The standard InChI is InChI=1S/C12H9N3O3S/c13-11-10(7-1-3-9(16)4-2-7)5-8(6-14-11)12(17)15-19-18/h1-6,16H,(H2,13,14). The molecule has 0 aliphatic carbocycles. The summed E-state index contributed by atoms with van der Waals surface area (Å²) in [5.74, 6) is -0.287. The number of aromatic nitrogens is 1. The number of carbonyl (C=O) groups excluding carboxylic acids is 1. The van der Waals surface area contributed by atoms with E-state index >= 15 is 0 Å². The summed E-state index contributed by atoms with van der Waals surface area (Å²) in [5, 5.41) is 9.23. The van der Waals surface area contributed by atoms with Crippen molar-refractivity contribution in [1.82, 2.24) is 4.98 Å². The molecule has 0 radical (unpaired) electrons. The number of phenols is 1. The number of pyridine rings is 1. The van der Waals surface area contributed by atoms with Gasteiger partial charge in [-0.25, -0.2) is 4.98 Å². The predicted octanol–water partition coefficient (Wildman–Crippen LogP) is 1.57. The molecule has 1 heterocycles. The first-order chi connectivity index (χ1) is 9.11. The molecule has 0 saturated heterocycles. The smallest absolute Gasteiger partial charge is 0.291 e. The number of hydrogen-bond acceptors (Lipinski definition) is 5. The molecule has 0 aliphatic heterocycles. The Hall–Kier alpha value is -2.54. The van der Waals surface area contributed by atoms with Gasteiger partial charge in [-0.3, -0.25) is 4.79 Å². The highest BCUT2D eigenvalue weighted by atomic mass is 32.1. The van der Waals surface area contributed by atoms with E-state index in [4.69, 9.17) is 5.73 Å². The van der Waals surface area contributed by atoms with Crippen LogP contribution in [0.1, 0.15) is 10.4 Å². The van der Waals surface area contributed by atoms with E-state index in [0.29, 0.717) is 11.1 Å². The van der Waals surface area contributed by atoms with E-state index in [-0.39, 0.29) is 28.6 Å². The molecule has 0 unspecified atom stereocenters. The molecular formula is C12H9N3O3S. The molecule has 1 aromatic heterocycles. The molecule has 0 aliphatic rings. The Labute approximate surface area is 112 Å². The van der Waals surface area contributed by atoms with Crippen LogP contribution in [0.5, 0.6) is 5.75 Å². The fourth-order valence-corrected chi connectivity index (χ4v) is 1.72. The highest BCUT2D eigenvalue weighted by molar-refractivity contribution is 7.55. The number of nitrogens with zero attached hydrogens (tertiary/aromatic N) is 2. The molecule has 1 aromatic carbocycles. The molecule has 0 spiro atoms. The second kappa shape index (κ2) is 5.40. The summed E-state index contributed by atoms with van der Waals surface area (Å²) in [7, 11) is 0. The van der Waals surface area contributed by atoms with E-state index < -0.39 is 5.91 Å². The minimum absolute atomic E-state index is 0.125. The number of carbonyl (C=O) groups is 1. The number of benzene rings is 1. The molecule has 96 valence electrons. The zero-order valence-corrected chi connectivity index (χ0v) is 10.4. The highest BCUT2D eigenvalue weighted by Gasteiger charge is 2.10. The van der Waals surface area contributed by atoms with E-state index in [1.165, 1.54) is 24.4 Å². The van der Waals surface area contributed by atoms with Gasteiger partial charge in [-0.1, -0.05) is 12.1 Å². The van der Waals surface area contributed by atoms with Crippen molar-refractivity contribution in [3.8, 4) is 16.9 Å². The molecule has 0 fully saturated rings. The molecule has 2 rings (SSSR count). The van der Waals surface area contributed by atoms with Crippen LogP contribution in [0.25, 0.3) is 11.1 Å². The lowest BCUT2D eigenvalue weighted by atomic mass is 10.0. The minimum Gasteiger partial charge on any atom is -0.508 e. The average molecular weight is 275 g/mol. The third-order valence-corrected chi connectivity index (χ3v) is 2.70. The van der Waals surface area contributed by atoms with Crippen LogP contribution in [0.4, 0.5) is 5.82 Å². The Bertz CT molecular complexity index is 679. The van der Waals surface area contributed by atoms with Crippen LogP contribution < -0.4 is 5.73 Å². The van der Waals surface area contributed by atoms with Crippen molar-refractivity contribution < 1.29 is 14.1 Å². The molecule has 0 saturated carbocycles. The van der Waals surface area contributed by atoms with Crippen LogP contribution in [-0.2, 0) is 11.5 Å². The zero-order chi connectivity index (χ0) is 13.8. The summed E-state index contributed by atoms with van der Waals surface area (Å²) in [5.41, 5.74) is 7.17. The van der Waals surface area contributed by atoms with Crippen molar-refractivity contribution in [3.63, 3.8) is 0 Å². The molecule has 7 heteroatoms. The van der Waals surface area contributed by atoms with Gasteiger partial charge in [0, 0.05) is 11.8 Å². The molecule has 1 amide bonds. The molecule has 0 bridgehead atoms. The maximum atomic E-state index is 11.5. The summed E-state index contributed by atoms with van der Waals surface area (Å²) in [6.45, 7) is 0. The maximum absolute atomic E-state index is 11.5. The van der Waals surface area contributed by atoms with Crippen molar-refractivity contribution in [2.75, 3.05) is 5.73 Å². The van der Waals surface area contributed by atoms with Crippen LogP contribution in [0.3, 0.4) is 0 Å². The summed E-state index contributed by atoms with van der Waals surface area (Å²) in [4.78, 5) is 15.4. The molecule has 0 atom stereocenters. The van der Waals surface area contributed by atoms with Crippen LogP contribution >= 0.6 is 0 Å². The van der Waals surface area contributed by atoms with Crippen LogP contribution in [0.15, 0.2) is 40.9 Å². The second-order valence-electron chi connectivity index (χ2n) is 3.67. The fourth-order valence-electron chi connectivity index (χ4n) is 1.55. The van der Waals surface area contributed by atoms with Gasteiger partial charge in [0.15, 0.2) is 0 Å². The molecule has 2 aromatic rings. The van der Waals surface area contributed by atoms with Gasteiger partial charge in [-0.15, -0.1) is 4.36 Å². The number of nitrogen functional groups attached to an aromatic ring is 1. The fraction of sp³-hybridized carbons (Fsp3) is 0. The van der Waals surface area contributed by atoms with Gasteiger partial charge >= 0.3 is 0 Å². The SMILES string of the molecule is Nc1ncc(C(=O)N=S=O)cc1-c1ccc(O)cc1. The molecular weight excluding hydrogens is 266 g/mol. The summed E-state index contributed by atoms with van der Waals surface area (Å²) in [6, 6.07) is 7.81. The third-order valence-electron chi connectivity index (χ3n) is 2.46. The van der Waals surface area contributed by atoms with E-state index in [0.717, 1.165) is 0 Å². The van der Waals surface area contributed by atoms with Gasteiger partial charge in [0.25, 0.3) is 5.91 Å². The molecule has 19 heavy (non-hydrogen) atoms. The predicted molar refractivity (Wildman–Crippen MR) is 70.7 cm³/mol. The van der Waals surface area contributed by atoms with Crippen molar-refractivity contribution in [2.24, 2.45) is 4.36 Å². The van der Waals surface area contributed by atoms with Gasteiger partial charge in [0.1, 0.15) is 11.6 Å². The van der Waals surface area contributed by atoms with Crippen LogP contribution in [-0.4, -0.2) is 20.2 Å². The Morgan fingerprint density at radius 2 is 2.00 bits per heavy atom. The van der Waals surface area contributed by atoms with Crippen molar-refractivity contribution in [3.05, 3.63) is 42.1 Å². The first kappa shape index (κ1) is 12.9. The number of nitrogens with two attached hydrogens (primary N) is 1. The van der Waals surface area contributed by atoms with Gasteiger partial charge < -0.3 is 10.8 Å². The average Bonchev–Trinajstić information content (AvgIpc) is 2.41. The summed E-state index contributed by atoms with van der Waals surface area (Å²) >= 11 is -0.154. The van der Waals surface area contributed by atoms with Crippen molar-refractivity contribution in [1.29, 1.82) is 0 Å². The van der Waals surface area contributed by atoms with E-state index in [1.54, 1.807) is 12.1 Å². The quantitative estimate of drug-likeness (QED) is 0.865. The lowest BCUT2D eigenvalue weighted by Crippen LogP contribution is -2.00. The van der Waals surface area contributed by atoms with Crippen molar-refractivity contribution >= 4 is 23.2 Å². The number of aromatic hydroxyl groups is 1. The van der Waals surface area contributed by atoms with Crippen molar-refractivity contribution in [2.45, 2.75) is 0 Å². The largest absolute Gasteiger partial charge is 0.508 e. The minimum atomic E-state index is -0.660. The Morgan fingerprint density at radius 1 is 1.32 bits per heavy atom. The summed E-state index contributed by atoms with van der Waals surface area (Å²) in [6.07, 6.45) is 1.27. The first-order valence-corrected chi connectivity index (χ1v) is 5.91. The number of amides is 1. The number of anilines is 1. The van der Waals surface area contributed by atoms with Crippen LogP contribution in [0.2, 0.25) is 0 Å². The lowest BCUT2D eigenvalue weighted by Gasteiger charge is -2.06. The number of phenolic OH excluding ortho intramolecular Hbond substituents is 1. The number of hydrogen-bond donors (Lipinski definition) is 2. The lowest BCUT2D eigenvalue weighted by molar-refractivity contribution is 0.100. The summed E-state index contributed by atoms with van der Waals surface area (Å²) < 4.78 is 13.4. The number of rotatable bonds is 2. The maximum Gasteiger partial charge on any atom is 0.291 e. The Balaban J connectivity index is 2.51. The second-order valence-corrected chi connectivity index (χ2v) is 4.01. The monoisotopic (exact) mass is 275 g/mol. The topological polar surface area (TPSA) is 106 Å². The Morgan fingerprint density at radius 3 is 2.63 bits per heavy atom. The van der Waals surface area contributed by atoms with Gasteiger partial charge in [0.05, 0.1) is 5.56 Å². The highest BCUT2D eigenvalue weighted by Crippen LogP contribution is 2.26. The first-order valence-electron chi connectivity index (χ1n) is 5.21. The molecule has 6 nitrogen and oxygen atoms in total. The van der Waals surface area contributed by atoms with E-state index in [9.17, 15) is 14.1 Å².